The first-order valence-electron chi connectivity index (χ1n) is 6.26. The monoisotopic (exact) mass is 257 g/mol. The Bertz CT molecular complexity index is 370. The summed E-state index contributed by atoms with van der Waals surface area (Å²) in [6, 6.07) is 0.616. The summed E-state index contributed by atoms with van der Waals surface area (Å²) in [5.41, 5.74) is 0.471. The first-order valence-corrected chi connectivity index (χ1v) is 6.70. The van der Waals surface area contributed by atoms with Crippen molar-refractivity contribution in [3.8, 4) is 0 Å². The van der Waals surface area contributed by atoms with Gasteiger partial charge in [0.05, 0.1) is 0 Å². The first-order chi connectivity index (χ1) is 8.04. The molecule has 1 aliphatic rings. The molecule has 1 fully saturated rings. The normalized spacial score (nSPS) is 21.5. The lowest BCUT2D eigenvalue weighted by Crippen LogP contribution is -2.38. The highest BCUT2D eigenvalue weighted by Gasteiger charge is 2.30. The molecule has 5 heteroatoms. The van der Waals surface area contributed by atoms with Gasteiger partial charge in [-0.1, -0.05) is 25.4 Å². The summed E-state index contributed by atoms with van der Waals surface area (Å²) in [5, 5.41) is 7.80. The molecule has 2 rings (SSSR count). The highest BCUT2D eigenvalue weighted by atomic mass is 35.5. The van der Waals surface area contributed by atoms with Crippen LogP contribution < -0.4 is 4.90 Å². The van der Waals surface area contributed by atoms with E-state index in [-0.39, 0.29) is 5.38 Å². The third-order valence-corrected chi connectivity index (χ3v) is 4.05. The second kappa shape index (κ2) is 4.84. The largest absolute Gasteiger partial charge is 0.406 e. The van der Waals surface area contributed by atoms with Crippen molar-refractivity contribution < 1.29 is 4.42 Å². The van der Waals surface area contributed by atoms with Gasteiger partial charge < -0.3 is 9.32 Å². The summed E-state index contributed by atoms with van der Waals surface area (Å²) in [5.74, 6) is 0.505. The van der Waals surface area contributed by atoms with Gasteiger partial charge in [-0.2, -0.15) is 0 Å². The lowest BCUT2D eigenvalue weighted by molar-refractivity contribution is 0.233. The van der Waals surface area contributed by atoms with E-state index in [9.17, 15) is 0 Å². The third kappa shape index (κ3) is 2.73. The molecule has 1 saturated heterocycles. The van der Waals surface area contributed by atoms with Crippen LogP contribution in [0, 0.1) is 5.41 Å². The van der Waals surface area contributed by atoms with E-state index in [0.29, 0.717) is 17.3 Å². The van der Waals surface area contributed by atoms with E-state index in [1.807, 2.05) is 6.92 Å². The minimum Gasteiger partial charge on any atom is -0.406 e. The third-order valence-electron chi connectivity index (χ3n) is 3.86. The molecule has 2 heterocycles. The summed E-state index contributed by atoms with van der Waals surface area (Å²) >= 11 is 5.91. The molecule has 0 aromatic carbocycles. The zero-order valence-corrected chi connectivity index (χ0v) is 11.5. The van der Waals surface area contributed by atoms with Gasteiger partial charge in [0.25, 0.3) is 0 Å². The average molecular weight is 258 g/mol. The van der Waals surface area contributed by atoms with E-state index in [0.717, 1.165) is 13.1 Å². The molecular weight excluding hydrogens is 238 g/mol. The van der Waals surface area contributed by atoms with E-state index in [1.165, 1.54) is 19.3 Å². The fourth-order valence-electron chi connectivity index (χ4n) is 2.11. The molecule has 1 aromatic rings. The number of rotatable bonds is 3. The van der Waals surface area contributed by atoms with Crippen molar-refractivity contribution in [2.45, 2.75) is 45.4 Å². The maximum atomic E-state index is 5.91. The SMILES string of the molecule is CCC1(C)CCN(c2nnc(C(C)Cl)o2)CC1. The Balaban J connectivity index is 2.00. The maximum Gasteiger partial charge on any atom is 0.318 e. The number of nitrogens with zero attached hydrogens (tertiary/aromatic N) is 3. The molecule has 0 aliphatic carbocycles. The Morgan fingerprint density at radius 2 is 2.06 bits per heavy atom. The van der Waals surface area contributed by atoms with Crippen molar-refractivity contribution >= 4 is 17.6 Å². The van der Waals surface area contributed by atoms with Crippen molar-refractivity contribution in [3.05, 3.63) is 5.89 Å². The van der Waals surface area contributed by atoms with Crippen molar-refractivity contribution in [1.82, 2.24) is 10.2 Å². The molecule has 0 amide bonds. The zero-order chi connectivity index (χ0) is 12.5. The van der Waals surface area contributed by atoms with Gasteiger partial charge in [-0.3, -0.25) is 0 Å². The number of hydrogen-bond donors (Lipinski definition) is 0. The number of piperidine rings is 1. The summed E-state index contributed by atoms with van der Waals surface area (Å²) < 4.78 is 5.56. The maximum absolute atomic E-state index is 5.91. The van der Waals surface area contributed by atoms with Crippen LogP contribution in [0.5, 0.6) is 0 Å². The Morgan fingerprint density at radius 1 is 1.41 bits per heavy atom. The lowest BCUT2D eigenvalue weighted by atomic mass is 9.78. The lowest BCUT2D eigenvalue weighted by Gasteiger charge is -2.37. The molecule has 0 N–H and O–H groups in total. The Hall–Kier alpha value is -0.770. The molecule has 1 aromatic heterocycles. The van der Waals surface area contributed by atoms with Crippen LogP contribution in [0.3, 0.4) is 0 Å². The predicted octanol–water partition coefficient (Wildman–Crippen LogP) is 3.39. The second-order valence-electron chi connectivity index (χ2n) is 5.19. The molecule has 96 valence electrons. The highest BCUT2D eigenvalue weighted by Crippen LogP contribution is 2.35. The van der Waals surface area contributed by atoms with Crippen LogP contribution in [0.15, 0.2) is 4.42 Å². The van der Waals surface area contributed by atoms with Crippen LogP contribution in [-0.4, -0.2) is 23.3 Å². The van der Waals surface area contributed by atoms with Gasteiger partial charge in [-0.15, -0.1) is 16.7 Å². The molecule has 0 spiro atoms. The van der Waals surface area contributed by atoms with Gasteiger partial charge in [0.15, 0.2) is 0 Å². The van der Waals surface area contributed by atoms with Crippen LogP contribution in [-0.2, 0) is 0 Å². The van der Waals surface area contributed by atoms with Gasteiger partial charge in [0.1, 0.15) is 5.38 Å². The molecule has 17 heavy (non-hydrogen) atoms. The molecule has 1 unspecified atom stereocenters. The fourth-order valence-corrected chi connectivity index (χ4v) is 2.19. The molecule has 0 radical (unpaired) electrons. The summed E-state index contributed by atoms with van der Waals surface area (Å²) in [6.07, 6.45) is 3.59. The molecule has 4 nitrogen and oxygen atoms in total. The van der Waals surface area contributed by atoms with Crippen LogP contribution in [0.2, 0.25) is 0 Å². The minimum atomic E-state index is -0.220. The van der Waals surface area contributed by atoms with Gasteiger partial charge in [-0.05, 0) is 25.2 Å². The second-order valence-corrected chi connectivity index (χ2v) is 5.84. The standard InChI is InChI=1S/C12H20ClN3O/c1-4-12(3)5-7-16(8-6-12)11-15-14-10(17-11)9(2)13/h9H,4-8H2,1-3H3. The van der Waals surface area contributed by atoms with Gasteiger partial charge in [-0.25, -0.2) is 0 Å². The van der Waals surface area contributed by atoms with Crippen molar-refractivity contribution in [2.75, 3.05) is 18.0 Å². The smallest absolute Gasteiger partial charge is 0.318 e. The van der Waals surface area contributed by atoms with E-state index >= 15 is 0 Å². The average Bonchev–Trinajstić information content (AvgIpc) is 2.79. The van der Waals surface area contributed by atoms with E-state index < -0.39 is 0 Å². The fraction of sp³-hybridized carbons (Fsp3) is 0.833. The van der Waals surface area contributed by atoms with E-state index in [4.69, 9.17) is 16.0 Å². The number of alkyl halides is 1. The molecule has 0 saturated carbocycles. The number of hydrogen-bond acceptors (Lipinski definition) is 4. The minimum absolute atomic E-state index is 0.220. The van der Waals surface area contributed by atoms with Crippen LogP contribution in [0.1, 0.15) is 51.3 Å². The Kier molecular flexibility index (Phi) is 3.61. The zero-order valence-electron chi connectivity index (χ0n) is 10.7. The molecular formula is C12H20ClN3O. The highest BCUT2D eigenvalue weighted by molar-refractivity contribution is 6.20. The Morgan fingerprint density at radius 3 is 2.53 bits per heavy atom. The predicted molar refractivity (Wildman–Crippen MR) is 68.4 cm³/mol. The van der Waals surface area contributed by atoms with E-state index in [1.54, 1.807) is 0 Å². The van der Waals surface area contributed by atoms with Gasteiger partial charge in [0.2, 0.25) is 5.89 Å². The number of anilines is 1. The van der Waals surface area contributed by atoms with Crippen molar-refractivity contribution in [3.63, 3.8) is 0 Å². The quantitative estimate of drug-likeness (QED) is 0.779. The first kappa shape index (κ1) is 12.7. The number of aromatic nitrogens is 2. The van der Waals surface area contributed by atoms with E-state index in [2.05, 4.69) is 28.9 Å². The van der Waals surface area contributed by atoms with Gasteiger partial charge >= 0.3 is 6.01 Å². The summed E-state index contributed by atoms with van der Waals surface area (Å²) in [6.45, 7) is 8.43. The number of halogens is 1. The van der Waals surface area contributed by atoms with Crippen molar-refractivity contribution in [2.24, 2.45) is 5.41 Å². The molecule has 1 atom stereocenters. The molecule has 1 aliphatic heterocycles. The van der Waals surface area contributed by atoms with Crippen LogP contribution >= 0.6 is 11.6 Å². The molecule has 0 bridgehead atoms. The Labute approximate surface area is 107 Å². The van der Waals surface area contributed by atoms with Crippen LogP contribution in [0.25, 0.3) is 0 Å². The summed E-state index contributed by atoms with van der Waals surface area (Å²) in [7, 11) is 0. The topological polar surface area (TPSA) is 42.2 Å². The van der Waals surface area contributed by atoms with Crippen LogP contribution in [0.4, 0.5) is 6.01 Å². The van der Waals surface area contributed by atoms with Crippen molar-refractivity contribution in [1.29, 1.82) is 0 Å². The summed E-state index contributed by atoms with van der Waals surface area (Å²) in [4.78, 5) is 2.16. The van der Waals surface area contributed by atoms with Gasteiger partial charge in [0, 0.05) is 13.1 Å².